The molecule has 2 rings (SSSR count). The van der Waals surface area contributed by atoms with Gasteiger partial charge in [-0.05, 0) is 49.2 Å². The van der Waals surface area contributed by atoms with Crippen LogP contribution in [0.25, 0.3) is 17.3 Å². The maximum absolute atomic E-state index is 11.7. The predicted molar refractivity (Wildman–Crippen MR) is 87.7 cm³/mol. The van der Waals surface area contributed by atoms with Gasteiger partial charge in [-0.3, -0.25) is 4.79 Å². The van der Waals surface area contributed by atoms with Crippen LogP contribution in [0.4, 0.5) is 0 Å². The molecular weight excluding hydrogens is 276 g/mol. The van der Waals surface area contributed by atoms with Gasteiger partial charge in [0.15, 0.2) is 0 Å². The van der Waals surface area contributed by atoms with Gasteiger partial charge in [0.05, 0.1) is 6.61 Å². The fourth-order valence-corrected chi connectivity index (χ4v) is 2.10. The van der Waals surface area contributed by atoms with E-state index in [0.29, 0.717) is 12.3 Å². The second kappa shape index (κ2) is 7.28. The minimum absolute atomic E-state index is 0.111. The number of aromatic amines is 1. The lowest BCUT2D eigenvalue weighted by Crippen LogP contribution is -2.10. The first-order chi connectivity index (χ1) is 10.7. The molecular formula is C18H18N2O2. The van der Waals surface area contributed by atoms with Gasteiger partial charge in [-0.15, -0.1) is 0 Å². The van der Waals surface area contributed by atoms with E-state index in [1.807, 2.05) is 43.3 Å². The van der Waals surface area contributed by atoms with Crippen LogP contribution in [-0.4, -0.2) is 11.6 Å². The van der Waals surface area contributed by atoms with Crippen LogP contribution in [0, 0.1) is 11.3 Å². The van der Waals surface area contributed by atoms with Gasteiger partial charge in [0.25, 0.3) is 5.56 Å². The number of nitrogens with zero attached hydrogens (tertiary/aromatic N) is 1. The largest absolute Gasteiger partial charge is 0.493 e. The van der Waals surface area contributed by atoms with E-state index in [1.54, 1.807) is 6.07 Å². The Kier molecular flexibility index (Phi) is 5.16. The number of nitriles is 1. The molecule has 0 bridgehead atoms. The monoisotopic (exact) mass is 294 g/mol. The summed E-state index contributed by atoms with van der Waals surface area (Å²) in [6.45, 7) is 4.67. The number of hydrogen-bond donors (Lipinski definition) is 1. The maximum Gasteiger partial charge on any atom is 0.266 e. The molecule has 4 nitrogen and oxygen atoms in total. The Morgan fingerprint density at radius 3 is 2.77 bits per heavy atom. The van der Waals surface area contributed by atoms with E-state index in [2.05, 4.69) is 11.9 Å². The van der Waals surface area contributed by atoms with E-state index in [4.69, 9.17) is 10.00 Å². The fourth-order valence-electron chi connectivity index (χ4n) is 2.10. The Morgan fingerprint density at radius 1 is 1.32 bits per heavy atom. The van der Waals surface area contributed by atoms with Crippen LogP contribution in [0.5, 0.6) is 5.75 Å². The Morgan fingerprint density at radius 2 is 2.14 bits per heavy atom. The Bertz CT molecular complexity index is 782. The zero-order chi connectivity index (χ0) is 15.9. The number of nitrogens with one attached hydrogen (secondary N) is 1. The quantitative estimate of drug-likeness (QED) is 0.913. The van der Waals surface area contributed by atoms with Gasteiger partial charge in [0.1, 0.15) is 17.4 Å². The molecule has 112 valence electrons. The number of allylic oxidation sites excluding steroid dienone is 1. The van der Waals surface area contributed by atoms with Crippen LogP contribution in [0.15, 0.2) is 41.2 Å². The lowest BCUT2D eigenvalue weighted by molar-refractivity contribution is 0.317. The van der Waals surface area contributed by atoms with Crippen LogP contribution in [0.2, 0.25) is 0 Å². The second-order valence-electron chi connectivity index (χ2n) is 4.83. The van der Waals surface area contributed by atoms with Gasteiger partial charge < -0.3 is 9.72 Å². The molecule has 0 spiro atoms. The van der Waals surface area contributed by atoms with Crippen molar-refractivity contribution in [3.8, 4) is 23.1 Å². The van der Waals surface area contributed by atoms with Crippen LogP contribution in [0.1, 0.15) is 31.4 Å². The molecule has 1 N–H and O–H groups in total. The summed E-state index contributed by atoms with van der Waals surface area (Å²) >= 11 is 0. The fraction of sp³-hybridized carbons (Fsp3) is 0.222. The number of hydrogen-bond acceptors (Lipinski definition) is 3. The lowest BCUT2D eigenvalue weighted by atomic mass is 10.1. The first-order valence-corrected chi connectivity index (χ1v) is 7.23. The van der Waals surface area contributed by atoms with Crippen molar-refractivity contribution in [3.63, 3.8) is 0 Å². The van der Waals surface area contributed by atoms with Crippen LogP contribution >= 0.6 is 0 Å². The molecule has 2 aromatic rings. The van der Waals surface area contributed by atoms with Crippen molar-refractivity contribution in [3.05, 3.63) is 57.9 Å². The third-order valence-electron chi connectivity index (χ3n) is 3.16. The van der Waals surface area contributed by atoms with E-state index < -0.39 is 0 Å². The molecule has 4 heteroatoms. The SMILES string of the molecule is CC=Cc1cc(-c2ccc(C#N)c(=O)[nH]2)ccc1OCCC. The van der Waals surface area contributed by atoms with E-state index in [-0.39, 0.29) is 11.1 Å². The van der Waals surface area contributed by atoms with Gasteiger partial charge in [0.2, 0.25) is 0 Å². The molecule has 1 aromatic heterocycles. The molecule has 0 aliphatic rings. The van der Waals surface area contributed by atoms with Crippen molar-refractivity contribution in [2.24, 2.45) is 0 Å². The van der Waals surface area contributed by atoms with E-state index in [0.717, 1.165) is 23.3 Å². The minimum Gasteiger partial charge on any atom is -0.493 e. The summed E-state index contributed by atoms with van der Waals surface area (Å²) in [6, 6.07) is 10.9. The number of aromatic nitrogens is 1. The van der Waals surface area contributed by atoms with Gasteiger partial charge in [-0.2, -0.15) is 5.26 Å². The van der Waals surface area contributed by atoms with Crippen molar-refractivity contribution in [1.82, 2.24) is 4.98 Å². The Balaban J connectivity index is 2.44. The first kappa shape index (κ1) is 15.6. The molecule has 0 unspecified atom stereocenters. The highest BCUT2D eigenvalue weighted by atomic mass is 16.5. The second-order valence-corrected chi connectivity index (χ2v) is 4.83. The summed E-state index contributed by atoms with van der Waals surface area (Å²) in [5.74, 6) is 0.819. The van der Waals surface area contributed by atoms with Crippen molar-refractivity contribution in [2.75, 3.05) is 6.61 Å². The Hall–Kier alpha value is -2.80. The van der Waals surface area contributed by atoms with Crippen LogP contribution < -0.4 is 10.3 Å². The zero-order valence-corrected chi connectivity index (χ0v) is 12.7. The highest BCUT2D eigenvalue weighted by molar-refractivity contribution is 5.68. The summed E-state index contributed by atoms with van der Waals surface area (Å²) in [5.41, 5.74) is 2.24. The summed E-state index contributed by atoms with van der Waals surface area (Å²) in [5, 5.41) is 8.82. The third-order valence-corrected chi connectivity index (χ3v) is 3.16. The summed E-state index contributed by atoms with van der Waals surface area (Å²) < 4.78 is 5.72. The van der Waals surface area contributed by atoms with E-state index in [9.17, 15) is 4.79 Å². The normalized spacial score (nSPS) is 10.6. The number of pyridine rings is 1. The number of ether oxygens (including phenoxy) is 1. The zero-order valence-electron chi connectivity index (χ0n) is 12.7. The minimum atomic E-state index is -0.376. The highest BCUT2D eigenvalue weighted by Crippen LogP contribution is 2.26. The molecule has 0 saturated heterocycles. The van der Waals surface area contributed by atoms with Crippen molar-refractivity contribution >= 4 is 6.08 Å². The number of benzene rings is 1. The molecule has 0 saturated carbocycles. The van der Waals surface area contributed by atoms with Gasteiger partial charge >= 0.3 is 0 Å². The van der Waals surface area contributed by atoms with Gasteiger partial charge in [-0.25, -0.2) is 0 Å². The molecule has 0 amide bonds. The van der Waals surface area contributed by atoms with Crippen LogP contribution in [-0.2, 0) is 0 Å². The number of rotatable bonds is 5. The molecule has 0 aliphatic heterocycles. The molecule has 22 heavy (non-hydrogen) atoms. The summed E-state index contributed by atoms with van der Waals surface area (Å²) in [7, 11) is 0. The topological polar surface area (TPSA) is 65.9 Å². The average Bonchev–Trinajstić information content (AvgIpc) is 2.54. The average molecular weight is 294 g/mol. The Labute approximate surface area is 129 Å². The number of H-pyrrole nitrogens is 1. The van der Waals surface area contributed by atoms with E-state index >= 15 is 0 Å². The molecule has 0 aliphatic carbocycles. The van der Waals surface area contributed by atoms with Crippen LogP contribution in [0.3, 0.4) is 0 Å². The van der Waals surface area contributed by atoms with Gasteiger partial charge in [-0.1, -0.05) is 19.1 Å². The third kappa shape index (κ3) is 3.44. The molecule has 1 aromatic carbocycles. The van der Waals surface area contributed by atoms with E-state index in [1.165, 1.54) is 6.07 Å². The lowest BCUT2D eigenvalue weighted by Gasteiger charge is -2.10. The highest BCUT2D eigenvalue weighted by Gasteiger charge is 2.07. The predicted octanol–water partition coefficient (Wildman–Crippen LogP) is 3.74. The van der Waals surface area contributed by atoms with Crippen molar-refractivity contribution in [2.45, 2.75) is 20.3 Å². The summed E-state index contributed by atoms with van der Waals surface area (Å²) in [6.07, 6.45) is 4.86. The molecule has 0 radical (unpaired) electrons. The smallest absolute Gasteiger partial charge is 0.266 e. The van der Waals surface area contributed by atoms with Crippen molar-refractivity contribution in [1.29, 1.82) is 5.26 Å². The molecule has 1 heterocycles. The molecule has 0 atom stereocenters. The van der Waals surface area contributed by atoms with Crippen molar-refractivity contribution < 1.29 is 4.74 Å². The summed E-state index contributed by atoms with van der Waals surface area (Å²) in [4.78, 5) is 14.5. The maximum atomic E-state index is 11.7. The first-order valence-electron chi connectivity index (χ1n) is 7.23. The molecule has 0 fully saturated rings. The van der Waals surface area contributed by atoms with Gasteiger partial charge in [0, 0.05) is 11.3 Å². The standard InChI is InChI=1S/C18H18N2O2/c1-3-5-14-11-13(7-9-17(14)22-10-4-2)16-8-6-15(12-19)18(21)20-16/h3,5-9,11H,4,10H2,1-2H3,(H,20,21).